The number of aliphatic hydroxyl groups is 1. The maximum absolute atomic E-state index is 12.4. The van der Waals surface area contributed by atoms with Gasteiger partial charge in [0.15, 0.2) is 6.04 Å². The van der Waals surface area contributed by atoms with Gasteiger partial charge >= 0.3 is 5.97 Å². The number of nitrogen functional groups attached to an aromatic ring is 1. The topological polar surface area (TPSA) is 142 Å². The van der Waals surface area contributed by atoms with Crippen LogP contribution in [0.25, 0.3) is 10.2 Å². The molecule has 1 saturated heterocycles. The Morgan fingerprint density at radius 3 is 2.64 bits per heavy atom. The van der Waals surface area contributed by atoms with Gasteiger partial charge in [0.2, 0.25) is 5.95 Å². The number of hydrogen-bond acceptors (Lipinski definition) is 8. The minimum Gasteiger partial charge on any atom is -0.480 e. The van der Waals surface area contributed by atoms with Crippen LogP contribution in [-0.4, -0.2) is 57.3 Å². The Balaban J connectivity index is 1.94. The lowest BCUT2D eigenvalue weighted by molar-refractivity contribution is -0.141. The van der Waals surface area contributed by atoms with Crippen molar-refractivity contribution in [1.29, 1.82) is 0 Å². The summed E-state index contributed by atoms with van der Waals surface area (Å²) in [6, 6.07) is 0.260. The Labute approximate surface area is 147 Å². The van der Waals surface area contributed by atoms with Crippen molar-refractivity contribution in [2.45, 2.75) is 31.9 Å². The number of thiophene rings is 1. The number of amides is 1. The first-order chi connectivity index (χ1) is 11.9. The molecule has 0 saturated carbocycles. The van der Waals surface area contributed by atoms with Crippen LogP contribution < -0.4 is 16.0 Å². The number of rotatable bonds is 5. The molecule has 2 unspecified atom stereocenters. The highest BCUT2D eigenvalue weighted by atomic mass is 32.1. The Morgan fingerprint density at radius 2 is 2.04 bits per heavy atom. The van der Waals surface area contributed by atoms with Gasteiger partial charge in [0.25, 0.3) is 5.91 Å². The van der Waals surface area contributed by atoms with Crippen molar-refractivity contribution in [3.63, 3.8) is 0 Å². The van der Waals surface area contributed by atoms with E-state index in [4.69, 9.17) is 10.8 Å². The van der Waals surface area contributed by atoms with E-state index >= 15 is 0 Å². The molecule has 2 aromatic rings. The summed E-state index contributed by atoms with van der Waals surface area (Å²) < 4.78 is 0. The van der Waals surface area contributed by atoms with E-state index in [2.05, 4.69) is 20.2 Å². The minimum atomic E-state index is -1.38. The van der Waals surface area contributed by atoms with Gasteiger partial charge < -0.3 is 26.2 Å². The first-order valence-electron chi connectivity index (χ1n) is 7.90. The number of anilines is 2. The molecule has 1 aliphatic rings. The van der Waals surface area contributed by atoms with Crippen LogP contribution in [0.1, 0.15) is 29.4 Å². The first kappa shape index (κ1) is 17.4. The van der Waals surface area contributed by atoms with Crippen LogP contribution in [0.3, 0.4) is 0 Å². The van der Waals surface area contributed by atoms with Crippen molar-refractivity contribution in [1.82, 2.24) is 15.3 Å². The number of hydrogen-bond donors (Lipinski definition) is 4. The maximum Gasteiger partial charge on any atom is 0.328 e. The summed E-state index contributed by atoms with van der Waals surface area (Å²) in [6.07, 6.45) is 0.918. The van der Waals surface area contributed by atoms with Gasteiger partial charge in [-0.05, 0) is 25.8 Å². The van der Waals surface area contributed by atoms with Crippen LogP contribution >= 0.6 is 11.3 Å². The molecule has 2 atom stereocenters. The number of carbonyl (C=O) groups is 2. The predicted octanol–water partition coefficient (Wildman–Crippen LogP) is 0.437. The van der Waals surface area contributed by atoms with Crippen LogP contribution in [-0.2, 0) is 4.79 Å². The number of aromatic nitrogens is 2. The molecule has 25 heavy (non-hydrogen) atoms. The average molecular weight is 365 g/mol. The number of nitrogens with zero attached hydrogens (tertiary/aromatic N) is 3. The van der Waals surface area contributed by atoms with E-state index in [0.29, 0.717) is 15.5 Å². The zero-order valence-electron chi connectivity index (χ0n) is 13.6. The molecule has 3 heterocycles. The van der Waals surface area contributed by atoms with Crippen LogP contribution in [0.4, 0.5) is 11.8 Å². The van der Waals surface area contributed by atoms with Crippen molar-refractivity contribution < 1.29 is 19.8 Å². The quantitative estimate of drug-likeness (QED) is 0.598. The van der Waals surface area contributed by atoms with Crippen LogP contribution in [0, 0.1) is 0 Å². The van der Waals surface area contributed by atoms with Gasteiger partial charge in [-0.1, -0.05) is 0 Å². The minimum absolute atomic E-state index is 0.135. The number of aliphatic carboxylic acids is 1. The third kappa shape index (κ3) is 3.49. The molecule has 0 aromatic carbocycles. The standard InChI is InChI=1S/C15H19N5O4S/c1-7(21)10(14(23)24)17-12(22)9-6-8-11(20-4-2-3-5-20)18-15(16)19-13(8)25-9/h6-7,10,21H,2-5H2,1H3,(H,17,22)(H,23,24)(H2,16,18,19). The molecule has 1 amide bonds. The molecule has 5 N–H and O–H groups in total. The summed E-state index contributed by atoms with van der Waals surface area (Å²) in [5, 5.41) is 21.6. The van der Waals surface area contributed by atoms with Gasteiger partial charge in [-0.25, -0.2) is 9.78 Å². The second-order valence-electron chi connectivity index (χ2n) is 5.96. The zero-order chi connectivity index (χ0) is 18.1. The molecule has 2 aromatic heterocycles. The van der Waals surface area contributed by atoms with Gasteiger partial charge in [0, 0.05) is 13.1 Å². The lowest BCUT2D eigenvalue weighted by Gasteiger charge is -2.17. The number of nitrogens with two attached hydrogens (primary N) is 1. The summed E-state index contributed by atoms with van der Waals surface area (Å²) >= 11 is 1.11. The molecule has 0 spiro atoms. The van der Waals surface area contributed by atoms with E-state index in [1.807, 2.05) is 0 Å². The molecular weight excluding hydrogens is 346 g/mol. The number of carbonyl (C=O) groups excluding carboxylic acids is 1. The Bertz CT molecular complexity index is 816. The van der Waals surface area contributed by atoms with E-state index < -0.39 is 24.0 Å². The second-order valence-corrected chi connectivity index (χ2v) is 6.99. The van der Waals surface area contributed by atoms with E-state index in [0.717, 1.165) is 42.7 Å². The third-order valence-corrected chi connectivity index (χ3v) is 5.08. The van der Waals surface area contributed by atoms with Crippen molar-refractivity contribution in [3.05, 3.63) is 10.9 Å². The number of carboxylic acids is 1. The van der Waals surface area contributed by atoms with Gasteiger partial charge in [0.05, 0.1) is 16.4 Å². The van der Waals surface area contributed by atoms with Crippen LogP contribution in [0.2, 0.25) is 0 Å². The maximum atomic E-state index is 12.4. The molecule has 9 nitrogen and oxygen atoms in total. The first-order valence-corrected chi connectivity index (χ1v) is 8.72. The molecule has 0 bridgehead atoms. The second kappa shape index (κ2) is 6.81. The number of fused-ring (bicyclic) bond motifs is 1. The molecule has 1 aliphatic heterocycles. The number of carboxylic acid groups (broad SMARTS) is 1. The van der Waals surface area contributed by atoms with Gasteiger partial charge in [-0.15, -0.1) is 11.3 Å². The number of nitrogens with one attached hydrogen (secondary N) is 1. The zero-order valence-corrected chi connectivity index (χ0v) is 14.4. The largest absolute Gasteiger partial charge is 0.480 e. The average Bonchev–Trinajstić information content (AvgIpc) is 3.19. The molecule has 10 heteroatoms. The van der Waals surface area contributed by atoms with Gasteiger partial charge in [-0.3, -0.25) is 4.79 Å². The Kier molecular flexibility index (Phi) is 4.73. The summed E-state index contributed by atoms with van der Waals surface area (Å²) in [5.41, 5.74) is 5.78. The van der Waals surface area contributed by atoms with Crippen molar-refractivity contribution in [2.75, 3.05) is 23.7 Å². The van der Waals surface area contributed by atoms with E-state index in [1.165, 1.54) is 6.92 Å². The van der Waals surface area contributed by atoms with E-state index in [-0.39, 0.29) is 5.95 Å². The fraction of sp³-hybridized carbons (Fsp3) is 0.467. The Morgan fingerprint density at radius 1 is 1.36 bits per heavy atom. The molecule has 134 valence electrons. The fourth-order valence-corrected chi connectivity index (χ4v) is 3.74. The smallest absolute Gasteiger partial charge is 0.328 e. The van der Waals surface area contributed by atoms with Crippen molar-refractivity contribution in [3.8, 4) is 0 Å². The summed E-state index contributed by atoms with van der Waals surface area (Å²) in [4.78, 5) is 35.0. The monoisotopic (exact) mass is 365 g/mol. The highest BCUT2D eigenvalue weighted by molar-refractivity contribution is 7.20. The van der Waals surface area contributed by atoms with Gasteiger partial charge in [-0.2, -0.15) is 4.98 Å². The lowest BCUT2D eigenvalue weighted by Crippen LogP contribution is -2.47. The van der Waals surface area contributed by atoms with E-state index in [1.54, 1.807) is 6.07 Å². The third-order valence-electron chi connectivity index (χ3n) is 4.05. The van der Waals surface area contributed by atoms with Crippen LogP contribution in [0.5, 0.6) is 0 Å². The highest BCUT2D eigenvalue weighted by Crippen LogP contribution is 2.33. The summed E-state index contributed by atoms with van der Waals surface area (Å²) in [7, 11) is 0. The SMILES string of the molecule is CC(O)C(NC(=O)c1cc2c(N3CCCC3)nc(N)nc2s1)C(=O)O. The van der Waals surface area contributed by atoms with Crippen molar-refractivity contribution in [2.24, 2.45) is 0 Å². The van der Waals surface area contributed by atoms with Crippen LogP contribution in [0.15, 0.2) is 6.07 Å². The lowest BCUT2D eigenvalue weighted by atomic mass is 10.2. The van der Waals surface area contributed by atoms with E-state index in [9.17, 15) is 14.7 Å². The molecule has 3 rings (SSSR count). The molecule has 0 radical (unpaired) electrons. The predicted molar refractivity (Wildman–Crippen MR) is 93.8 cm³/mol. The Hall–Kier alpha value is -2.46. The summed E-state index contributed by atoms with van der Waals surface area (Å²) in [5.74, 6) is -1.05. The molecular formula is C15H19N5O4S. The number of aliphatic hydroxyl groups excluding tert-OH is 1. The molecule has 0 aliphatic carbocycles. The molecule has 1 fully saturated rings. The van der Waals surface area contributed by atoms with Gasteiger partial charge in [0.1, 0.15) is 10.6 Å². The fourth-order valence-electron chi connectivity index (χ4n) is 2.81. The summed E-state index contributed by atoms with van der Waals surface area (Å²) in [6.45, 7) is 3.04. The highest BCUT2D eigenvalue weighted by Gasteiger charge is 2.27. The van der Waals surface area contributed by atoms with Crippen molar-refractivity contribution >= 4 is 45.2 Å². The normalized spacial score (nSPS) is 16.8.